The Labute approximate surface area is 179 Å². The molecule has 1 amide bonds. The minimum absolute atomic E-state index is 0.182. The van der Waals surface area contributed by atoms with Gasteiger partial charge in [0.05, 0.1) is 19.6 Å². The quantitative estimate of drug-likeness (QED) is 0.721. The van der Waals surface area contributed by atoms with Crippen molar-refractivity contribution < 1.29 is 14.3 Å². The van der Waals surface area contributed by atoms with Gasteiger partial charge >= 0.3 is 0 Å². The highest BCUT2D eigenvalue weighted by Crippen LogP contribution is 2.40. The van der Waals surface area contributed by atoms with Crippen LogP contribution < -0.4 is 25.4 Å². The summed E-state index contributed by atoms with van der Waals surface area (Å²) in [6.45, 7) is 2.14. The van der Waals surface area contributed by atoms with Crippen LogP contribution in [0.25, 0.3) is 5.70 Å². The predicted octanol–water partition coefficient (Wildman–Crippen LogP) is 2.38. The van der Waals surface area contributed by atoms with Crippen LogP contribution in [0.4, 0.5) is 0 Å². The van der Waals surface area contributed by atoms with Crippen molar-refractivity contribution in [2.75, 3.05) is 20.0 Å². The van der Waals surface area contributed by atoms with Gasteiger partial charge in [-0.2, -0.15) is 0 Å². The Morgan fingerprint density at radius 2 is 1.97 bits per heavy atom. The molecule has 0 radical (unpaired) electrons. The lowest BCUT2D eigenvalue weighted by Gasteiger charge is -2.34. The summed E-state index contributed by atoms with van der Waals surface area (Å²) in [4.78, 5) is 18.0. The minimum atomic E-state index is -0.548. The number of fused-ring (bicyclic) bond motifs is 2. The Morgan fingerprint density at radius 3 is 2.73 bits per heavy atom. The Kier molecular flexibility index (Phi) is 5.94. The van der Waals surface area contributed by atoms with Gasteiger partial charge < -0.3 is 9.47 Å². The van der Waals surface area contributed by atoms with Gasteiger partial charge in [0.15, 0.2) is 22.8 Å². The van der Waals surface area contributed by atoms with Crippen molar-refractivity contribution in [3.63, 3.8) is 0 Å². The molecule has 1 N–H and O–H groups in total. The zero-order chi connectivity index (χ0) is 21.1. The molecule has 2 aliphatic heterocycles. The molecule has 8 heteroatoms. The molecule has 0 saturated carbocycles. The average molecular weight is 425 g/mol. The number of amidine groups is 1. The number of hydrogen-bond acceptors (Lipinski definition) is 7. The summed E-state index contributed by atoms with van der Waals surface area (Å²) in [5.74, 6) is 1.89. The van der Waals surface area contributed by atoms with Gasteiger partial charge in [0.25, 0.3) is 5.91 Å². The lowest BCUT2D eigenvalue weighted by atomic mass is 10.1. The van der Waals surface area contributed by atoms with Crippen LogP contribution in [-0.2, 0) is 4.79 Å². The molecule has 2 aromatic carbocycles. The number of benzene rings is 2. The highest BCUT2D eigenvalue weighted by molar-refractivity contribution is 8.13. The van der Waals surface area contributed by atoms with E-state index in [0.29, 0.717) is 22.4 Å². The maximum Gasteiger partial charge on any atom is 0.276 e. The van der Waals surface area contributed by atoms with Crippen LogP contribution in [-0.4, -0.2) is 36.1 Å². The molecule has 0 fully saturated rings. The number of carbonyl (C=O) groups excluding carboxylic acids is 1. The summed E-state index contributed by atoms with van der Waals surface area (Å²) in [6, 6.07) is 13.3. The highest BCUT2D eigenvalue weighted by atomic mass is 32.2. The molecular weight excluding hydrogens is 400 g/mol. The lowest BCUT2D eigenvalue weighted by molar-refractivity contribution is -0.116. The van der Waals surface area contributed by atoms with E-state index in [1.54, 1.807) is 31.0 Å². The number of para-hydroxylation sites is 2. The molecule has 4 rings (SSSR count). The second kappa shape index (κ2) is 8.79. The predicted molar refractivity (Wildman–Crippen MR) is 118 cm³/mol. The Hall–Kier alpha value is -3.00. The van der Waals surface area contributed by atoms with Crippen molar-refractivity contribution in [3.05, 3.63) is 58.6 Å². The third-order valence-corrected chi connectivity index (χ3v) is 5.91. The van der Waals surface area contributed by atoms with Crippen LogP contribution in [0.5, 0.6) is 11.5 Å². The molecular formula is C22H24N4O3S. The van der Waals surface area contributed by atoms with Crippen LogP contribution in [0, 0.1) is 0 Å². The molecule has 30 heavy (non-hydrogen) atoms. The number of thioether (sulfide) groups is 1. The van der Waals surface area contributed by atoms with Gasteiger partial charge in [-0.3, -0.25) is 15.1 Å². The van der Waals surface area contributed by atoms with Gasteiger partial charge in [0, 0.05) is 16.5 Å². The summed E-state index contributed by atoms with van der Waals surface area (Å²) in [5, 5.41) is 11.5. The first kappa shape index (κ1) is 20.3. The molecule has 2 heterocycles. The largest absolute Gasteiger partial charge is 0.493 e. The van der Waals surface area contributed by atoms with E-state index < -0.39 is 6.17 Å². The standard InChI is InChI=1S/C22H24N4O3S/c1-4-5-13-30-22-24-21(27)18-14-9-6-7-11-16(14)23-20(26(18)25-22)15-10-8-12-17(28-2)19(15)29-3/h6-12,20H,4-5,13H2,1-3H3,(H,24,25,27). The van der Waals surface area contributed by atoms with Gasteiger partial charge in [0.1, 0.15) is 5.70 Å². The van der Waals surface area contributed by atoms with Crippen molar-refractivity contribution in [1.29, 1.82) is 0 Å². The number of unbranched alkanes of at least 4 members (excludes halogenated alkanes) is 1. The van der Waals surface area contributed by atoms with Gasteiger partial charge in [-0.15, -0.1) is 5.10 Å². The van der Waals surface area contributed by atoms with Crippen molar-refractivity contribution in [2.45, 2.75) is 25.9 Å². The molecule has 2 aromatic rings. The summed E-state index contributed by atoms with van der Waals surface area (Å²) in [7, 11) is 3.20. The molecule has 0 spiro atoms. The third kappa shape index (κ3) is 3.63. The first-order chi connectivity index (χ1) is 14.7. The van der Waals surface area contributed by atoms with E-state index in [0.717, 1.165) is 34.7 Å². The minimum Gasteiger partial charge on any atom is -0.493 e. The SMILES string of the molecule is CCCCSC1=NN2C(=c3ccccc3=NC2c2cccc(OC)c2OC)C(=O)N1. The van der Waals surface area contributed by atoms with Crippen molar-refractivity contribution >= 4 is 28.5 Å². The van der Waals surface area contributed by atoms with Crippen molar-refractivity contribution in [3.8, 4) is 11.5 Å². The summed E-state index contributed by atoms with van der Waals surface area (Å²) < 4.78 is 11.1. The number of hydrazone groups is 1. The molecule has 1 unspecified atom stereocenters. The summed E-state index contributed by atoms with van der Waals surface area (Å²) >= 11 is 1.54. The Bertz CT molecular complexity index is 1120. The zero-order valence-electron chi connectivity index (χ0n) is 17.2. The van der Waals surface area contributed by atoms with E-state index in [1.165, 1.54) is 0 Å². The zero-order valence-corrected chi connectivity index (χ0v) is 18.0. The fourth-order valence-corrected chi connectivity index (χ4v) is 4.46. The topological polar surface area (TPSA) is 75.5 Å². The first-order valence-electron chi connectivity index (χ1n) is 9.88. The fourth-order valence-electron chi connectivity index (χ4n) is 3.52. The molecule has 0 bridgehead atoms. The second-order valence-electron chi connectivity index (χ2n) is 6.86. The van der Waals surface area contributed by atoms with Gasteiger partial charge in [0.2, 0.25) is 0 Å². The molecule has 2 aliphatic rings. The smallest absolute Gasteiger partial charge is 0.276 e. The normalized spacial score (nSPS) is 17.4. The van der Waals surface area contributed by atoms with E-state index in [-0.39, 0.29) is 5.91 Å². The van der Waals surface area contributed by atoms with Crippen molar-refractivity contribution in [1.82, 2.24) is 10.3 Å². The van der Waals surface area contributed by atoms with Gasteiger partial charge in [-0.25, -0.2) is 5.01 Å². The van der Waals surface area contributed by atoms with E-state index >= 15 is 0 Å². The Balaban J connectivity index is 1.89. The van der Waals surface area contributed by atoms with E-state index in [2.05, 4.69) is 12.2 Å². The first-order valence-corrected chi connectivity index (χ1v) is 10.9. The summed E-state index contributed by atoms with van der Waals surface area (Å²) in [6.07, 6.45) is 1.59. The Morgan fingerprint density at radius 1 is 1.13 bits per heavy atom. The number of amides is 1. The number of ether oxygens (including phenoxy) is 2. The maximum absolute atomic E-state index is 13.1. The molecule has 156 valence electrons. The number of nitrogens with zero attached hydrogens (tertiary/aromatic N) is 3. The van der Waals surface area contributed by atoms with Crippen molar-refractivity contribution in [2.24, 2.45) is 10.1 Å². The highest BCUT2D eigenvalue weighted by Gasteiger charge is 2.36. The average Bonchev–Trinajstić information content (AvgIpc) is 2.77. The van der Waals surface area contributed by atoms with Crippen LogP contribution in [0.15, 0.2) is 52.6 Å². The third-order valence-electron chi connectivity index (χ3n) is 4.96. The number of nitrogens with one attached hydrogen (secondary N) is 1. The molecule has 0 aliphatic carbocycles. The number of methoxy groups -OCH3 is 2. The van der Waals surface area contributed by atoms with E-state index in [9.17, 15) is 4.79 Å². The maximum atomic E-state index is 13.1. The molecule has 1 atom stereocenters. The number of carbonyl (C=O) groups is 1. The van der Waals surface area contributed by atoms with Crippen LogP contribution in [0.2, 0.25) is 0 Å². The number of hydrogen-bond donors (Lipinski definition) is 1. The van der Waals surface area contributed by atoms with E-state index in [4.69, 9.17) is 19.6 Å². The fraction of sp³-hybridized carbons (Fsp3) is 0.318. The van der Waals surface area contributed by atoms with E-state index in [1.807, 2.05) is 42.5 Å². The second-order valence-corrected chi connectivity index (χ2v) is 7.94. The molecule has 7 nitrogen and oxygen atoms in total. The van der Waals surface area contributed by atoms with Crippen LogP contribution in [0.1, 0.15) is 31.5 Å². The lowest BCUT2D eigenvalue weighted by Crippen LogP contribution is -2.50. The summed E-state index contributed by atoms with van der Waals surface area (Å²) in [5.41, 5.74) is 1.26. The monoisotopic (exact) mass is 424 g/mol. The van der Waals surface area contributed by atoms with Crippen LogP contribution in [0.3, 0.4) is 0 Å². The van der Waals surface area contributed by atoms with Gasteiger partial charge in [-0.1, -0.05) is 55.4 Å². The van der Waals surface area contributed by atoms with Crippen LogP contribution >= 0.6 is 11.8 Å². The molecule has 0 saturated heterocycles. The molecule has 0 aromatic heterocycles. The van der Waals surface area contributed by atoms with Gasteiger partial charge in [-0.05, 0) is 18.6 Å². The number of rotatable bonds is 6.